The maximum absolute atomic E-state index is 11.9. The van der Waals surface area contributed by atoms with E-state index in [0.717, 1.165) is 6.42 Å². The largest absolute Gasteiger partial charge is 0.271 e. The molecule has 0 atom stereocenters. The molecule has 2 N–H and O–H groups in total. The van der Waals surface area contributed by atoms with Crippen LogP contribution in [-0.2, 0) is 10.0 Å². The van der Waals surface area contributed by atoms with E-state index in [4.69, 9.17) is 5.26 Å². The van der Waals surface area contributed by atoms with Gasteiger partial charge in [-0.15, -0.1) is 0 Å². The fraction of sp³-hybridized carbons (Fsp3) is 0.333. The standard InChI is InChI=1S/C12H16N4O2S2/c1-3-8-15-20(17,18)11-6-4-10(5-7-11)16-12(19-2)14-9-13/h4-7,15H,3,8H2,1-2H3,(H,14,16). The lowest BCUT2D eigenvalue weighted by Crippen LogP contribution is -2.24. The Morgan fingerprint density at radius 3 is 2.55 bits per heavy atom. The molecule has 0 aliphatic rings. The molecule has 8 heteroatoms. The molecule has 0 unspecified atom stereocenters. The van der Waals surface area contributed by atoms with E-state index in [1.54, 1.807) is 24.6 Å². The van der Waals surface area contributed by atoms with Crippen molar-refractivity contribution in [2.45, 2.75) is 18.2 Å². The first-order valence-corrected chi connectivity index (χ1v) is 8.61. The van der Waals surface area contributed by atoms with Gasteiger partial charge < -0.3 is 0 Å². The number of amidine groups is 1. The molecule has 1 aromatic rings. The van der Waals surface area contributed by atoms with E-state index >= 15 is 0 Å². The predicted molar refractivity (Wildman–Crippen MR) is 81.3 cm³/mol. The van der Waals surface area contributed by atoms with Crippen molar-refractivity contribution < 1.29 is 8.42 Å². The van der Waals surface area contributed by atoms with Gasteiger partial charge in [-0.05, 0) is 36.9 Å². The topological polar surface area (TPSA) is 94.3 Å². The van der Waals surface area contributed by atoms with Crippen LogP contribution >= 0.6 is 11.8 Å². The third kappa shape index (κ3) is 4.85. The summed E-state index contributed by atoms with van der Waals surface area (Å²) in [6.45, 7) is 2.30. The minimum absolute atomic E-state index is 0.198. The molecule has 0 fully saturated rings. The van der Waals surface area contributed by atoms with Gasteiger partial charge in [0.1, 0.15) is 0 Å². The summed E-state index contributed by atoms with van der Waals surface area (Å²) in [6, 6.07) is 6.16. The van der Waals surface area contributed by atoms with Crippen LogP contribution in [0.2, 0.25) is 0 Å². The number of sulfonamides is 1. The van der Waals surface area contributed by atoms with E-state index in [0.29, 0.717) is 17.4 Å². The quantitative estimate of drug-likeness (QED) is 0.374. The number of aliphatic imine (C=N–C) groups is 1. The molecule has 0 radical (unpaired) electrons. The third-order valence-corrected chi connectivity index (χ3v) is 4.33. The molecule has 0 heterocycles. The van der Waals surface area contributed by atoms with Crippen molar-refractivity contribution in [3.8, 4) is 6.19 Å². The highest BCUT2D eigenvalue weighted by atomic mass is 32.2. The van der Waals surface area contributed by atoms with Gasteiger partial charge in [-0.2, -0.15) is 5.26 Å². The third-order valence-electron chi connectivity index (χ3n) is 2.28. The molecule has 0 aromatic heterocycles. The van der Waals surface area contributed by atoms with Gasteiger partial charge in [0.2, 0.25) is 10.0 Å². The lowest BCUT2D eigenvalue weighted by molar-refractivity contribution is 0.581. The SMILES string of the molecule is CCCNS(=O)(=O)c1ccc(N=C(NC#N)SC)cc1. The number of hydrogen-bond acceptors (Lipinski definition) is 5. The Morgan fingerprint density at radius 2 is 2.05 bits per heavy atom. The molecule has 0 spiro atoms. The zero-order chi connectivity index (χ0) is 15.0. The summed E-state index contributed by atoms with van der Waals surface area (Å²) in [4.78, 5) is 4.38. The highest BCUT2D eigenvalue weighted by molar-refractivity contribution is 8.13. The van der Waals surface area contributed by atoms with Crippen LogP contribution in [0.1, 0.15) is 13.3 Å². The van der Waals surface area contributed by atoms with Crippen LogP contribution in [0.25, 0.3) is 0 Å². The number of rotatable bonds is 5. The van der Waals surface area contributed by atoms with Gasteiger partial charge in [-0.1, -0.05) is 18.7 Å². The molecular weight excluding hydrogens is 296 g/mol. The van der Waals surface area contributed by atoms with E-state index in [1.165, 1.54) is 23.9 Å². The number of nitriles is 1. The van der Waals surface area contributed by atoms with E-state index in [1.807, 2.05) is 6.92 Å². The van der Waals surface area contributed by atoms with Crippen LogP contribution in [-0.4, -0.2) is 26.4 Å². The summed E-state index contributed by atoms with van der Waals surface area (Å²) in [7, 11) is -3.46. The first-order chi connectivity index (χ1) is 9.53. The van der Waals surface area contributed by atoms with Crippen molar-refractivity contribution in [3.63, 3.8) is 0 Å². The maximum atomic E-state index is 11.9. The van der Waals surface area contributed by atoms with E-state index in [9.17, 15) is 8.42 Å². The number of benzene rings is 1. The Morgan fingerprint density at radius 1 is 1.40 bits per heavy atom. The molecule has 108 valence electrons. The van der Waals surface area contributed by atoms with Crippen molar-refractivity contribution in [1.29, 1.82) is 5.26 Å². The van der Waals surface area contributed by atoms with Crippen LogP contribution in [0.3, 0.4) is 0 Å². The average molecular weight is 312 g/mol. The molecule has 1 aromatic carbocycles. The number of hydrogen-bond donors (Lipinski definition) is 2. The zero-order valence-corrected chi connectivity index (χ0v) is 12.9. The Labute approximate surface area is 123 Å². The second kappa shape index (κ2) is 7.89. The predicted octanol–water partition coefficient (Wildman–Crippen LogP) is 1.80. The molecule has 0 saturated heterocycles. The molecule has 0 saturated carbocycles. The van der Waals surface area contributed by atoms with Gasteiger partial charge in [-0.25, -0.2) is 18.1 Å². The second-order valence-corrected chi connectivity index (χ2v) is 6.31. The highest BCUT2D eigenvalue weighted by Crippen LogP contribution is 2.17. The molecule has 0 aliphatic heterocycles. The molecule has 0 aliphatic carbocycles. The highest BCUT2D eigenvalue weighted by Gasteiger charge is 2.12. The molecule has 20 heavy (non-hydrogen) atoms. The molecule has 0 bridgehead atoms. The van der Waals surface area contributed by atoms with Crippen molar-refractivity contribution in [1.82, 2.24) is 10.0 Å². The van der Waals surface area contributed by atoms with E-state index in [-0.39, 0.29) is 4.90 Å². The lowest BCUT2D eigenvalue weighted by Gasteiger charge is -2.06. The number of nitrogens with zero attached hydrogens (tertiary/aromatic N) is 2. The van der Waals surface area contributed by atoms with Crippen molar-refractivity contribution in [2.75, 3.05) is 12.8 Å². The smallest absolute Gasteiger partial charge is 0.240 e. The Kier molecular flexibility index (Phi) is 6.51. The van der Waals surface area contributed by atoms with Crippen molar-refractivity contribution in [3.05, 3.63) is 24.3 Å². The first-order valence-electron chi connectivity index (χ1n) is 5.91. The van der Waals surface area contributed by atoms with Gasteiger partial charge in [-0.3, -0.25) is 5.32 Å². The summed E-state index contributed by atoms with van der Waals surface area (Å²) in [6.07, 6.45) is 4.31. The van der Waals surface area contributed by atoms with Crippen LogP contribution in [0, 0.1) is 11.5 Å². The molecule has 1 rings (SSSR count). The Bertz CT molecular complexity index is 603. The summed E-state index contributed by atoms with van der Waals surface area (Å²) in [5.41, 5.74) is 0.576. The Balaban J connectivity index is 2.92. The normalized spacial score (nSPS) is 11.9. The van der Waals surface area contributed by atoms with Crippen molar-refractivity contribution in [2.24, 2.45) is 4.99 Å². The fourth-order valence-corrected chi connectivity index (χ4v) is 2.79. The molecule has 0 amide bonds. The summed E-state index contributed by atoms with van der Waals surface area (Å²) < 4.78 is 26.2. The van der Waals surface area contributed by atoms with E-state index in [2.05, 4.69) is 15.0 Å². The molecule has 6 nitrogen and oxygen atoms in total. The average Bonchev–Trinajstić information content (AvgIpc) is 2.45. The summed E-state index contributed by atoms with van der Waals surface area (Å²) in [5, 5.41) is 11.4. The van der Waals surface area contributed by atoms with Gasteiger partial charge >= 0.3 is 0 Å². The van der Waals surface area contributed by atoms with Crippen LogP contribution in [0.15, 0.2) is 34.2 Å². The van der Waals surface area contributed by atoms with Gasteiger partial charge in [0.15, 0.2) is 11.4 Å². The second-order valence-electron chi connectivity index (χ2n) is 3.75. The minimum atomic E-state index is -3.46. The first kappa shape index (κ1) is 16.5. The van der Waals surface area contributed by atoms with Crippen molar-refractivity contribution >= 4 is 32.6 Å². The number of thioether (sulfide) groups is 1. The maximum Gasteiger partial charge on any atom is 0.240 e. The molecular formula is C12H16N4O2S2. The van der Waals surface area contributed by atoms with E-state index < -0.39 is 10.0 Å². The lowest BCUT2D eigenvalue weighted by atomic mass is 10.3. The minimum Gasteiger partial charge on any atom is -0.271 e. The monoisotopic (exact) mass is 312 g/mol. The van der Waals surface area contributed by atoms with Crippen LogP contribution < -0.4 is 10.0 Å². The summed E-state index contributed by atoms with van der Waals surface area (Å²) >= 11 is 1.30. The van der Waals surface area contributed by atoms with Gasteiger partial charge in [0, 0.05) is 6.54 Å². The number of nitrogens with one attached hydrogen (secondary N) is 2. The van der Waals surface area contributed by atoms with Crippen LogP contribution in [0.4, 0.5) is 5.69 Å². The zero-order valence-electron chi connectivity index (χ0n) is 11.3. The Hall–Kier alpha value is -1.56. The summed E-state index contributed by atoms with van der Waals surface area (Å²) in [5.74, 6) is 0. The van der Waals surface area contributed by atoms with Gasteiger partial charge in [0.25, 0.3) is 0 Å². The van der Waals surface area contributed by atoms with Crippen LogP contribution in [0.5, 0.6) is 0 Å². The fourth-order valence-electron chi connectivity index (χ4n) is 1.31. The van der Waals surface area contributed by atoms with Gasteiger partial charge in [0.05, 0.1) is 10.6 Å².